The number of hydrogen-bond acceptors (Lipinski definition) is 6. The summed E-state index contributed by atoms with van der Waals surface area (Å²) in [5, 5.41) is 10.4. The van der Waals surface area contributed by atoms with Crippen LogP contribution in [0.2, 0.25) is 0 Å². The Morgan fingerprint density at radius 1 is 1.21 bits per heavy atom. The highest BCUT2D eigenvalue weighted by Gasteiger charge is 2.27. The van der Waals surface area contributed by atoms with Gasteiger partial charge in [-0.15, -0.1) is 11.8 Å². The van der Waals surface area contributed by atoms with E-state index in [4.69, 9.17) is 9.40 Å². The molecule has 0 saturated carbocycles. The number of aromatic nitrogens is 2. The summed E-state index contributed by atoms with van der Waals surface area (Å²) in [5.74, 6) is -0.359. The summed E-state index contributed by atoms with van der Waals surface area (Å²) in [5.41, 5.74) is 5.43. The molecule has 4 aromatic rings. The third kappa shape index (κ3) is 4.26. The van der Waals surface area contributed by atoms with Gasteiger partial charge >= 0.3 is 5.97 Å². The average Bonchev–Trinajstić information content (AvgIpc) is 3.43. The van der Waals surface area contributed by atoms with Crippen LogP contribution in [0, 0.1) is 6.92 Å². The van der Waals surface area contributed by atoms with Crippen LogP contribution in [0.1, 0.15) is 18.5 Å². The Hall–Kier alpha value is -3.36. The van der Waals surface area contributed by atoms with Gasteiger partial charge in [0.15, 0.2) is 11.2 Å². The molecule has 3 heterocycles. The lowest BCUT2D eigenvalue weighted by Crippen LogP contribution is -2.25. The van der Waals surface area contributed by atoms with Crippen LogP contribution in [-0.4, -0.2) is 33.4 Å². The first-order valence-electron chi connectivity index (χ1n) is 10.7. The molecule has 0 bridgehead atoms. The van der Waals surface area contributed by atoms with E-state index in [0.717, 1.165) is 48.7 Å². The van der Waals surface area contributed by atoms with E-state index in [2.05, 4.69) is 10.6 Å². The topological polar surface area (TPSA) is 71.5 Å². The zero-order chi connectivity index (χ0) is 23.8. The van der Waals surface area contributed by atoms with Gasteiger partial charge in [-0.1, -0.05) is 30.0 Å². The van der Waals surface area contributed by atoms with Gasteiger partial charge in [-0.2, -0.15) is 4.98 Å². The Kier molecular flexibility index (Phi) is 6.02. The summed E-state index contributed by atoms with van der Waals surface area (Å²) in [6.07, 6.45) is 5.88. The smallest absolute Gasteiger partial charge is 0.323 e. The van der Waals surface area contributed by atoms with E-state index in [1.54, 1.807) is 23.5 Å². The van der Waals surface area contributed by atoms with E-state index in [0.29, 0.717) is 5.89 Å². The molecule has 34 heavy (non-hydrogen) atoms. The molecular weight excluding hydrogens is 466 g/mol. The van der Waals surface area contributed by atoms with Crippen molar-refractivity contribution in [3.8, 4) is 5.69 Å². The van der Waals surface area contributed by atoms with E-state index in [-0.39, 0.29) is 6.54 Å². The summed E-state index contributed by atoms with van der Waals surface area (Å²) in [7, 11) is 0. The number of nitrogens with zero attached hydrogens (tertiary/aromatic N) is 3. The predicted molar refractivity (Wildman–Crippen MR) is 139 cm³/mol. The van der Waals surface area contributed by atoms with Gasteiger partial charge in [-0.05, 0) is 62.1 Å². The Morgan fingerprint density at radius 3 is 2.74 bits per heavy atom. The summed E-state index contributed by atoms with van der Waals surface area (Å²) < 4.78 is 8.09. The molecule has 2 aromatic carbocycles. The molecular formula is C26H23N3O3S2. The van der Waals surface area contributed by atoms with Crippen molar-refractivity contribution in [2.45, 2.75) is 23.6 Å². The average molecular weight is 490 g/mol. The van der Waals surface area contributed by atoms with E-state index >= 15 is 0 Å². The molecule has 0 saturated heterocycles. The van der Waals surface area contributed by atoms with Crippen LogP contribution in [0.5, 0.6) is 0 Å². The number of aryl methyl sites for hydroxylation is 1. The number of carboxylic acids is 1. The monoisotopic (exact) mass is 489 g/mol. The van der Waals surface area contributed by atoms with Crippen LogP contribution in [-0.2, 0) is 4.79 Å². The molecule has 0 amide bonds. The number of carboxylic acid groups (broad SMARTS) is 1. The molecule has 0 atom stereocenters. The normalized spacial score (nSPS) is 14.9. The number of carbonyl (C=O) groups is 1. The Labute approximate surface area is 206 Å². The quantitative estimate of drug-likeness (QED) is 0.306. The summed E-state index contributed by atoms with van der Waals surface area (Å²) in [4.78, 5) is 20.3. The van der Waals surface area contributed by atoms with Crippen molar-refractivity contribution >= 4 is 52.5 Å². The van der Waals surface area contributed by atoms with Crippen LogP contribution < -0.4 is 4.90 Å². The first-order valence-corrected chi connectivity index (χ1v) is 12.8. The predicted octanol–water partition coefficient (Wildman–Crippen LogP) is 6.59. The van der Waals surface area contributed by atoms with Crippen molar-refractivity contribution in [3.63, 3.8) is 0 Å². The van der Waals surface area contributed by atoms with Crippen molar-refractivity contribution in [1.29, 1.82) is 0 Å². The maximum atomic E-state index is 11.6. The number of aliphatic carboxylic acids is 1. The van der Waals surface area contributed by atoms with E-state index < -0.39 is 5.97 Å². The molecule has 0 aliphatic carbocycles. The van der Waals surface area contributed by atoms with Gasteiger partial charge in [0, 0.05) is 33.3 Å². The summed E-state index contributed by atoms with van der Waals surface area (Å²) in [6, 6.07) is 18.2. The third-order valence-corrected chi connectivity index (χ3v) is 7.34. The maximum Gasteiger partial charge on any atom is 0.323 e. The first kappa shape index (κ1) is 22.4. The molecule has 1 N–H and O–H groups in total. The molecule has 5 rings (SSSR count). The molecule has 0 unspecified atom stereocenters. The fourth-order valence-corrected chi connectivity index (χ4v) is 5.61. The molecule has 0 spiro atoms. The third-order valence-electron chi connectivity index (χ3n) is 5.50. The number of benzene rings is 2. The lowest BCUT2D eigenvalue weighted by Gasteiger charge is -2.18. The van der Waals surface area contributed by atoms with Gasteiger partial charge in [0.1, 0.15) is 6.54 Å². The zero-order valence-corrected chi connectivity index (χ0v) is 20.6. The van der Waals surface area contributed by atoms with Gasteiger partial charge < -0.3 is 14.4 Å². The van der Waals surface area contributed by atoms with Crippen LogP contribution in [0.25, 0.3) is 23.0 Å². The number of rotatable bonds is 6. The van der Waals surface area contributed by atoms with Crippen LogP contribution in [0.15, 0.2) is 85.5 Å². The van der Waals surface area contributed by atoms with Gasteiger partial charge in [0.2, 0.25) is 5.89 Å². The van der Waals surface area contributed by atoms with Gasteiger partial charge in [0.25, 0.3) is 0 Å². The van der Waals surface area contributed by atoms with Crippen LogP contribution in [0.3, 0.4) is 0 Å². The molecule has 0 fully saturated rings. The number of para-hydroxylation sites is 1. The lowest BCUT2D eigenvalue weighted by molar-refractivity contribution is -0.135. The minimum atomic E-state index is -0.872. The zero-order valence-electron chi connectivity index (χ0n) is 19.0. The van der Waals surface area contributed by atoms with Crippen molar-refractivity contribution in [2.24, 2.45) is 0 Å². The molecule has 2 aromatic heterocycles. The minimum absolute atomic E-state index is 0.0969. The second-order valence-corrected chi connectivity index (χ2v) is 9.93. The highest BCUT2D eigenvalue weighted by Crippen LogP contribution is 2.47. The number of oxazole rings is 1. The van der Waals surface area contributed by atoms with Crippen LogP contribution >= 0.6 is 23.5 Å². The summed E-state index contributed by atoms with van der Waals surface area (Å²) in [6.45, 7) is 3.90. The summed E-state index contributed by atoms with van der Waals surface area (Å²) >= 11 is 3.21. The molecule has 1 aliphatic heterocycles. The van der Waals surface area contributed by atoms with E-state index in [1.807, 2.05) is 85.7 Å². The van der Waals surface area contributed by atoms with Crippen LogP contribution in [0.4, 0.5) is 5.69 Å². The van der Waals surface area contributed by atoms with Gasteiger partial charge in [-0.25, -0.2) is 0 Å². The standard InChI is InChI=1S/C26H23N3O3S2/c1-16(12-24-28(15-25(30)31)20-14-19(33-3)9-10-22(20)34-24)11-23-27-26-21(32-23)13-17(2)29(26)18-7-5-4-6-8-18/h4-14H,15H2,1-3H3,(H,30,31). The fourth-order valence-electron chi connectivity index (χ4n) is 4.03. The van der Waals surface area contributed by atoms with Crippen molar-refractivity contribution in [2.75, 3.05) is 17.7 Å². The van der Waals surface area contributed by atoms with Crippen molar-refractivity contribution in [1.82, 2.24) is 9.55 Å². The number of thioether (sulfide) groups is 2. The largest absolute Gasteiger partial charge is 0.480 e. The Bertz CT molecular complexity index is 1450. The number of allylic oxidation sites excluding steroid dienone is 2. The first-order chi connectivity index (χ1) is 16.4. The number of anilines is 1. The highest BCUT2D eigenvalue weighted by atomic mass is 32.2. The lowest BCUT2D eigenvalue weighted by atomic mass is 10.2. The highest BCUT2D eigenvalue weighted by molar-refractivity contribution is 8.03. The molecule has 8 heteroatoms. The van der Waals surface area contributed by atoms with Crippen molar-refractivity contribution in [3.05, 3.63) is 82.9 Å². The number of hydrogen-bond donors (Lipinski definition) is 1. The van der Waals surface area contributed by atoms with E-state index in [1.165, 1.54) is 0 Å². The Balaban J connectivity index is 1.48. The van der Waals surface area contributed by atoms with Gasteiger partial charge in [0.05, 0.1) is 10.7 Å². The van der Waals surface area contributed by atoms with Crippen molar-refractivity contribution < 1.29 is 14.3 Å². The second-order valence-electron chi connectivity index (χ2n) is 7.98. The van der Waals surface area contributed by atoms with E-state index in [9.17, 15) is 9.90 Å². The maximum absolute atomic E-state index is 11.6. The second kappa shape index (κ2) is 9.12. The molecule has 1 aliphatic rings. The fraction of sp³-hybridized carbons (Fsp3) is 0.154. The number of fused-ring (bicyclic) bond motifs is 2. The Morgan fingerprint density at radius 2 is 2.00 bits per heavy atom. The molecule has 0 radical (unpaired) electrons. The van der Waals surface area contributed by atoms with Gasteiger partial charge in [-0.3, -0.25) is 9.36 Å². The molecule has 172 valence electrons. The SMILES string of the molecule is CSc1ccc2c(c1)N(CC(=O)O)C(=CC(C)=Cc1nc3c(cc(C)n3-c3ccccc3)o1)S2. The minimum Gasteiger partial charge on any atom is -0.480 e. The molecule has 6 nitrogen and oxygen atoms in total.